The Labute approximate surface area is 217 Å². The average Bonchev–Trinajstić information content (AvgIpc) is 3.44. The van der Waals surface area contributed by atoms with Gasteiger partial charge < -0.3 is 9.47 Å². The molecular weight excluding hydrogens is 506 g/mol. The summed E-state index contributed by atoms with van der Waals surface area (Å²) in [7, 11) is 0. The molecule has 1 aromatic heterocycles. The molecule has 3 nitrogen and oxygen atoms in total. The molecule has 3 aromatic rings. The van der Waals surface area contributed by atoms with Crippen LogP contribution in [0.1, 0.15) is 62.8 Å². The smallest absolute Gasteiger partial charge is 0.133 e. The van der Waals surface area contributed by atoms with Crippen molar-refractivity contribution in [2.75, 3.05) is 19.6 Å². The lowest BCUT2D eigenvalue weighted by Gasteiger charge is -2.22. The zero-order valence-electron chi connectivity index (χ0n) is 19.9. The zero-order valence-corrected chi connectivity index (χ0v) is 22.3. The number of imidazole rings is 1. The number of hydrogen-bond donors (Lipinski definition) is 0. The molecule has 1 saturated heterocycles. The first-order valence-corrected chi connectivity index (χ1v) is 14.1. The summed E-state index contributed by atoms with van der Waals surface area (Å²) < 4.78 is 3.38. The molecule has 1 unspecified atom stereocenters. The maximum Gasteiger partial charge on any atom is 0.133 e. The molecule has 34 heavy (non-hydrogen) atoms. The fourth-order valence-electron chi connectivity index (χ4n) is 5.71. The van der Waals surface area contributed by atoms with E-state index < -0.39 is 0 Å². The van der Waals surface area contributed by atoms with Crippen LogP contribution in [-0.4, -0.2) is 34.1 Å². The standard InChI is InChI=1S/C29H35BrClN3/c30-25-11-14-28-27(19-25)32-29(34(28)21-23-8-12-26(31)13-9-23)15-10-24-16-18-33(20-24)17-4-7-22-5-2-1-3-6-22/h8-15,19,22,24H,1-7,16-18,20-21H2. The largest absolute Gasteiger partial charge is 0.320 e. The fraction of sp³-hybridized carbons (Fsp3) is 0.483. The van der Waals surface area contributed by atoms with Gasteiger partial charge >= 0.3 is 0 Å². The minimum absolute atomic E-state index is 0.616. The van der Waals surface area contributed by atoms with E-state index in [4.69, 9.17) is 16.6 Å². The first-order chi connectivity index (χ1) is 16.6. The third kappa shape index (κ3) is 6.13. The molecule has 1 atom stereocenters. The molecule has 0 amide bonds. The van der Waals surface area contributed by atoms with Gasteiger partial charge in [0.25, 0.3) is 0 Å². The summed E-state index contributed by atoms with van der Waals surface area (Å²) >= 11 is 9.70. The van der Waals surface area contributed by atoms with Crippen molar-refractivity contribution in [1.29, 1.82) is 0 Å². The maximum atomic E-state index is 6.10. The van der Waals surface area contributed by atoms with Crippen molar-refractivity contribution in [2.24, 2.45) is 11.8 Å². The Morgan fingerprint density at radius 3 is 2.68 bits per heavy atom. The summed E-state index contributed by atoms with van der Waals surface area (Å²) in [5.74, 6) is 2.64. The highest BCUT2D eigenvalue weighted by Crippen LogP contribution is 2.28. The summed E-state index contributed by atoms with van der Waals surface area (Å²) in [5.41, 5.74) is 3.42. The molecule has 0 bridgehead atoms. The predicted octanol–water partition coefficient (Wildman–Crippen LogP) is 8.20. The first kappa shape index (κ1) is 24.1. The van der Waals surface area contributed by atoms with E-state index in [1.165, 1.54) is 76.6 Å². The van der Waals surface area contributed by atoms with Crippen molar-refractivity contribution in [1.82, 2.24) is 14.5 Å². The van der Waals surface area contributed by atoms with Crippen LogP contribution < -0.4 is 0 Å². The molecule has 2 aliphatic rings. The number of hydrogen-bond acceptors (Lipinski definition) is 2. The van der Waals surface area contributed by atoms with E-state index >= 15 is 0 Å². The van der Waals surface area contributed by atoms with Crippen molar-refractivity contribution in [3.05, 3.63) is 69.4 Å². The number of halogens is 2. The number of nitrogens with zero attached hydrogens (tertiary/aromatic N) is 3. The van der Waals surface area contributed by atoms with E-state index in [-0.39, 0.29) is 0 Å². The second-order valence-corrected chi connectivity index (χ2v) is 11.5. The van der Waals surface area contributed by atoms with E-state index in [9.17, 15) is 0 Å². The summed E-state index contributed by atoms with van der Waals surface area (Å²) in [6.45, 7) is 4.47. The molecule has 2 heterocycles. The topological polar surface area (TPSA) is 21.1 Å². The lowest BCUT2D eigenvalue weighted by molar-refractivity contribution is 0.283. The third-order valence-electron chi connectivity index (χ3n) is 7.63. The minimum atomic E-state index is 0.616. The van der Waals surface area contributed by atoms with Gasteiger partial charge in [0.05, 0.1) is 11.0 Å². The molecule has 0 radical (unpaired) electrons. The normalized spacial score (nSPS) is 20.1. The average molecular weight is 541 g/mol. The lowest BCUT2D eigenvalue weighted by atomic mass is 9.86. The monoisotopic (exact) mass is 539 g/mol. The minimum Gasteiger partial charge on any atom is -0.320 e. The van der Waals surface area contributed by atoms with Crippen molar-refractivity contribution >= 4 is 44.6 Å². The molecule has 1 aliphatic carbocycles. The van der Waals surface area contributed by atoms with Crippen LogP contribution in [0, 0.1) is 11.8 Å². The van der Waals surface area contributed by atoms with Gasteiger partial charge in [-0.25, -0.2) is 4.98 Å². The predicted molar refractivity (Wildman–Crippen MR) is 147 cm³/mol. The highest BCUT2D eigenvalue weighted by atomic mass is 79.9. The van der Waals surface area contributed by atoms with Gasteiger partial charge in [0.15, 0.2) is 0 Å². The highest BCUT2D eigenvalue weighted by molar-refractivity contribution is 9.10. The van der Waals surface area contributed by atoms with Crippen LogP contribution in [-0.2, 0) is 6.54 Å². The van der Waals surface area contributed by atoms with Gasteiger partial charge in [0.1, 0.15) is 5.82 Å². The van der Waals surface area contributed by atoms with Gasteiger partial charge in [-0.1, -0.05) is 77.8 Å². The van der Waals surface area contributed by atoms with Gasteiger partial charge in [-0.05, 0) is 86.2 Å². The molecular formula is C29H35BrClN3. The lowest BCUT2D eigenvalue weighted by Crippen LogP contribution is -2.22. The Morgan fingerprint density at radius 2 is 1.85 bits per heavy atom. The Kier molecular flexibility index (Phi) is 8.09. The number of rotatable bonds is 8. The Balaban J connectivity index is 1.24. The van der Waals surface area contributed by atoms with Crippen molar-refractivity contribution in [2.45, 2.75) is 57.9 Å². The molecule has 1 aliphatic heterocycles. The van der Waals surface area contributed by atoms with Crippen molar-refractivity contribution in [3.8, 4) is 0 Å². The van der Waals surface area contributed by atoms with Crippen LogP contribution in [0.15, 0.2) is 53.0 Å². The second kappa shape index (κ2) is 11.4. The van der Waals surface area contributed by atoms with Gasteiger partial charge in [-0.15, -0.1) is 0 Å². The maximum absolute atomic E-state index is 6.10. The van der Waals surface area contributed by atoms with Crippen molar-refractivity contribution < 1.29 is 0 Å². The van der Waals surface area contributed by atoms with Gasteiger partial charge in [0.2, 0.25) is 0 Å². The Morgan fingerprint density at radius 1 is 1.03 bits per heavy atom. The van der Waals surface area contributed by atoms with E-state index in [1.54, 1.807) is 0 Å². The van der Waals surface area contributed by atoms with E-state index in [2.05, 4.69) is 67.9 Å². The molecule has 5 heteroatoms. The second-order valence-electron chi connectivity index (χ2n) is 10.2. The first-order valence-electron chi connectivity index (χ1n) is 12.9. The molecule has 5 rings (SSSR count). The van der Waals surface area contributed by atoms with E-state index in [0.717, 1.165) is 38.8 Å². The van der Waals surface area contributed by atoms with Crippen LogP contribution in [0.25, 0.3) is 17.1 Å². The Bertz CT molecular complexity index is 1110. The summed E-state index contributed by atoms with van der Waals surface area (Å²) in [6.07, 6.45) is 16.0. The molecule has 0 N–H and O–H groups in total. The highest BCUT2D eigenvalue weighted by Gasteiger charge is 2.21. The summed E-state index contributed by atoms with van der Waals surface area (Å²) in [5, 5.41) is 0.771. The quantitative estimate of drug-likeness (QED) is 0.287. The molecule has 2 aromatic carbocycles. The molecule has 2 fully saturated rings. The van der Waals surface area contributed by atoms with Crippen LogP contribution in [0.3, 0.4) is 0 Å². The van der Waals surface area contributed by atoms with Gasteiger partial charge in [-0.3, -0.25) is 0 Å². The van der Waals surface area contributed by atoms with Gasteiger partial charge in [-0.2, -0.15) is 0 Å². The van der Waals surface area contributed by atoms with E-state index in [0.29, 0.717) is 5.92 Å². The summed E-state index contributed by atoms with van der Waals surface area (Å²) in [6, 6.07) is 14.5. The Hall–Kier alpha value is -1.62. The van der Waals surface area contributed by atoms with Crippen LogP contribution in [0.5, 0.6) is 0 Å². The number of fused-ring (bicyclic) bond motifs is 1. The van der Waals surface area contributed by atoms with Crippen molar-refractivity contribution in [3.63, 3.8) is 0 Å². The molecule has 1 saturated carbocycles. The third-order valence-corrected chi connectivity index (χ3v) is 8.38. The van der Waals surface area contributed by atoms with Gasteiger partial charge in [0, 0.05) is 22.6 Å². The van der Waals surface area contributed by atoms with E-state index in [1.807, 2.05) is 12.1 Å². The van der Waals surface area contributed by atoms with Crippen LogP contribution >= 0.6 is 27.5 Å². The SMILES string of the molecule is Clc1ccc(Cn2c(C=CC3CCN(CCCC4CCCCC4)C3)nc3cc(Br)ccc32)cc1. The number of likely N-dealkylation sites (tertiary alicyclic amines) is 1. The summed E-state index contributed by atoms with van der Waals surface area (Å²) in [4.78, 5) is 7.65. The zero-order chi connectivity index (χ0) is 23.3. The number of benzene rings is 2. The number of aromatic nitrogens is 2. The fourth-order valence-corrected chi connectivity index (χ4v) is 6.19. The molecule has 0 spiro atoms. The van der Waals surface area contributed by atoms with Crippen LogP contribution in [0.2, 0.25) is 5.02 Å². The molecule has 180 valence electrons. The van der Waals surface area contributed by atoms with Crippen LogP contribution in [0.4, 0.5) is 0 Å².